The van der Waals surface area contributed by atoms with Gasteiger partial charge < -0.3 is 14.4 Å². The zero-order chi connectivity index (χ0) is 13.3. The maximum absolute atomic E-state index is 11.1. The van der Waals surface area contributed by atoms with Crippen molar-refractivity contribution in [2.45, 2.75) is 6.92 Å². The Kier molecular flexibility index (Phi) is 3.25. The maximum atomic E-state index is 11.1. The van der Waals surface area contributed by atoms with Crippen LogP contribution in [-0.2, 0) is 0 Å². The first-order chi connectivity index (χ1) is 8.54. The Balaban J connectivity index is 2.56. The van der Waals surface area contributed by atoms with Gasteiger partial charge in [0, 0.05) is 5.56 Å². The van der Waals surface area contributed by atoms with E-state index in [4.69, 9.17) is 26.0 Å². The molecule has 0 bridgehead atoms. The van der Waals surface area contributed by atoms with Crippen molar-refractivity contribution >= 4 is 17.6 Å². The van der Waals surface area contributed by atoms with Gasteiger partial charge in [0.25, 0.3) is 0 Å². The number of aromatic carboxylic acids is 1. The van der Waals surface area contributed by atoms with E-state index in [-0.39, 0.29) is 11.3 Å². The average molecular weight is 268 g/mol. The normalized spacial score (nSPS) is 10.4. The second kappa shape index (κ2) is 4.70. The van der Waals surface area contributed by atoms with Gasteiger partial charge in [0.1, 0.15) is 11.3 Å². The number of aryl methyl sites for hydroxylation is 1. The highest BCUT2D eigenvalue weighted by Crippen LogP contribution is 2.32. The lowest BCUT2D eigenvalue weighted by atomic mass is 10.1. The van der Waals surface area contributed by atoms with Gasteiger partial charge in [-0.15, -0.1) is 0 Å². The number of hydrogen-bond acceptors (Lipinski definition) is 4. The molecule has 0 fully saturated rings. The van der Waals surface area contributed by atoms with Crippen LogP contribution in [0, 0.1) is 6.92 Å². The van der Waals surface area contributed by atoms with Crippen molar-refractivity contribution < 1.29 is 19.2 Å². The number of methoxy groups -OCH3 is 1. The molecule has 2 rings (SSSR count). The lowest BCUT2D eigenvalue weighted by molar-refractivity contribution is 0.0696. The fraction of sp³-hybridized carbons (Fsp3) is 0.167. The number of aromatic nitrogens is 1. The fourth-order valence-electron chi connectivity index (χ4n) is 1.63. The summed E-state index contributed by atoms with van der Waals surface area (Å²) in [5.74, 6) is -0.395. The van der Waals surface area contributed by atoms with Crippen LogP contribution in [0.1, 0.15) is 16.1 Å². The summed E-state index contributed by atoms with van der Waals surface area (Å²) in [6, 6.07) is 4.88. The Morgan fingerprint density at radius 3 is 2.78 bits per heavy atom. The van der Waals surface area contributed by atoms with E-state index in [9.17, 15) is 4.79 Å². The summed E-state index contributed by atoms with van der Waals surface area (Å²) in [4.78, 5) is 11.1. The molecule has 0 aliphatic rings. The molecule has 94 valence electrons. The van der Waals surface area contributed by atoms with Gasteiger partial charge >= 0.3 is 5.97 Å². The number of halogens is 1. The third-order valence-electron chi connectivity index (χ3n) is 2.49. The molecule has 0 unspecified atom stereocenters. The Bertz CT molecular complexity index is 606. The Labute approximate surface area is 108 Å². The van der Waals surface area contributed by atoms with E-state index in [1.165, 1.54) is 7.11 Å². The molecule has 0 amide bonds. The molecule has 0 aliphatic carbocycles. The van der Waals surface area contributed by atoms with Crippen molar-refractivity contribution in [2.75, 3.05) is 7.11 Å². The molecular formula is C12H10ClNO4. The molecule has 2 aromatic rings. The summed E-state index contributed by atoms with van der Waals surface area (Å²) in [7, 11) is 1.50. The lowest BCUT2D eigenvalue weighted by Gasteiger charge is -2.04. The fourth-order valence-corrected chi connectivity index (χ4v) is 1.88. The first kappa shape index (κ1) is 12.4. The van der Waals surface area contributed by atoms with E-state index in [1.807, 2.05) is 0 Å². The molecule has 1 heterocycles. The third kappa shape index (κ3) is 2.04. The molecule has 0 atom stereocenters. The topological polar surface area (TPSA) is 72.6 Å². The molecule has 0 saturated carbocycles. The predicted molar refractivity (Wildman–Crippen MR) is 65.2 cm³/mol. The van der Waals surface area contributed by atoms with Gasteiger partial charge in [-0.25, -0.2) is 4.79 Å². The molecule has 0 radical (unpaired) electrons. The number of carboxylic acid groups (broad SMARTS) is 1. The molecular weight excluding hydrogens is 258 g/mol. The number of carbonyl (C=O) groups is 1. The molecule has 5 nitrogen and oxygen atoms in total. The van der Waals surface area contributed by atoms with Crippen LogP contribution < -0.4 is 4.74 Å². The summed E-state index contributed by atoms with van der Waals surface area (Å²) >= 11 is 5.98. The van der Waals surface area contributed by atoms with Crippen LogP contribution in [0.4, 0.5) is 0 Å². The molecule has 6 heteroatoms. The number of benzene rings is 1. The summed E-state index contributed by atoms with van der Waals surface area (Å²) in [6.07, 6.45) is 0. The minimum absolute atomic E-state index is 0.0382. The number of carboxylic acids is 1. The van der Waals surface area contributed by atoms with E-state index in [1.54, 1.807) is 25.1 Å². The maximum Gasteiger partial charge on any atom is 0.341 e. The van der Waals surface area contributed by atoms with Crippen LogP contribution in [0.2, 0.25) is 5.02 Å². The van der Waals surface area contributed by atoms with E-state index >= 15 is 0 Å². The summed E-state index contributed by atoms with van der Waals surface area (Å²) < 4.78 is 10.1. The predicted octanol–water partition coefficient (Wildman–Crippen LogP) is 3.01. The van der Waals surface area contributed by atoms with E-state index in [2.05, 4.69) is 5.16 Å². The van der Waals surface area contributed by atoms with Crippen LogP contribution in [0.25, 0.3) is 11.3 Å². The van der Waals surface area contributed by atoms with Crippen molar-refractivity contribution in [3.8, 4) is 17.1 Å². The Morgan fingerprint density at radius 2 is 2.22 bits per heavy atom. The molecule has 1 N–H and O–H groups in total. The third-order valence-corrected chi connectivity index (χ3v) is 2.79. The van der Waals surface area contributed by atoms with Gasteiger partial charge in [-0.05, 0) is 25.1 Å². The van der Waals surface area contributed by atoms with Crippen molar-refractivity contribution in [1.82, 2.24) is 5.16 Å². The quantitative estimate of drug-likeness (QED) is 0.925. The highest BCUT2D eigenvalue weighted by Gasteiger charge is 2.21. The highest BCUT2D eigenvalue weighted by molar-refractivity contribution is 6.32. The smallest absolute Gasteiger partial charge is 0.341 e. The van der Waals surface area contributed by atoms with Gasteiger partial charge in [-0.3, -0.25) is 0 Å². The monoisotopic (exact) mass is 267 g/mol. The first-order valence-electron chi connectivity index (χ1n) is 5.08. The Hall–Kier alpha value is -2.01. The summed E-state index contributed by atoms with van der Waals surface area (Å²) in [6.45, 7) is 1.57. The van der Waals surface area contributed by atoms with E-state index < -0.39 is 5.97 Å². The summed E-state index contributed by atoms with van der Waals surface area (Å²) in [5.41, 5.74) is 0.902. The molecule has 0 aliphatic heterocycles. The van der Waals surface area contributed by atoms with Gasteiger partial charge in [-0.1, -0.05) is 16.8 Å². The summed E-state index contributed by atoms with van der Waals surface area (Å²) in [5, 5.41) is 13.1. The first-order valence-corrected chi connectivity index (χ1v) is 5.46. The van der Waals surface area contributed by atoms with E-state index in [0.29, 0.717) is 22.0 Å². The minimum Gasteiger partial charge on any atom is -0.495 e. The van der Waals surface area contributed by atoms with Crippen LogP contribution in [0.5, 0.6) is 5.75 Å². The molecule has 18 heavy (non-hydrogen) atoms. The zero-order valence-corrected chi connectivity index (χ0v) is 10.5. The largest absolute Gasteiger partial charge is 0.495 e. The molecule has 1 aromatic heterocycles. The Morgan fingerprint density at radius 1 is 1.50 bits per heavy atom. The van der Waals surface area contributed by atoms with Crippen LogP contribution >= 0.6 is 11.6 Å². The van der Waals surface area contributed by atoms with Crippen molar-refractivity contribution in [3.63, 3.8) is 0 Å². The van der Waals surface area contributed by atoms with Crippen LogP contribution in [0.15, 0.2) is 22.7 Å². The number of rotatable bonds is 3. The van der Waals surface area contributed by atoms with Gasteiger partial charge in [-0.2, -0.15) is 0 Å². The van der Waals surface area contributed by atoms with Crippen molar-refractivity contribution in [2.24, 2.45) is 0 Å². The number of nitrogens with zero attached hydrogens (tertiary/aromatic N) is 1. The van der Waals surface area contributed by atoms with Crippen LogP contribution in [0.3, 0.4) is 0 Å². The van der Waals surface area contributed by atoms with Crippen molar-refractivity contribution in [1.29, 1.82) is 0 Å². The average Bonchev–Trinajstić information content (AvgIpc) is 2.71. The highest BCUT2D eigenvalue weighted by atomic mass is 35.5. The second-order valence-electron chi connectivity index (χ2n) is 3.63. The lowest BCUT2D eigenvalue weighted by Crippen LogP contribution is -1.99. The van der Waals surface area contributed by atoms with Gasteiger partial charge in [0.2, 0.25) is 0 Å². The number of ether oxygens (including phenoxy) is 1. The zero-order valence-electron chi connectivity index (χ0n) is 9.73. The van der Waals surface area contributed by atoms with Gasteiger partial charge in [0.05, 0.1) is 17.8 Å². The van der Waals surface area contributed by atoms with Gasteiger partial charge in [0.15, 0.2) is 5.76 Å². The minimum atomic E-state index is -1.09. The van der Waals surface area contributed by atoms with E-state index in [0.717, 1.165) is 0 Å². The molecule has 0 spiro atoms. The standard InChI is InChI=1S/C12H10ClNO4/c1-6-10(12(15)16)11(18-14-6)7-3-4-9(17-2)8(13)5-7/h3-5H,1-2H3,(H,15,16). The number of hydrogen-bond donors (Lipinski definition) is 1. The molecule has 0 saturated heterocycles. The second-order valence-corrected chi connectivity index (χ2v) is 4.03. The molecule has 1 aromatic carbocycles. The SMILES string of the molecule is COc1ccc(-c2onc(C)c2C(=O)O)cc1Cl. The van der Waals surface area contributed by atoms with Crippen molar-refractivity contribution in [3.05, 3.63) is 34.5 Å². The van der Waals surface area contributed by atoms with Crippen LogP contribution in [-0.4, -0.2) is 23.3 Å².